The summed E-state index contributed by atoms with van der Waals surface area (Å²) in [4.78, 5) is 12.3. The van der Waals surface area contributed by atoms with Crippen LogP contribution in [-0.2, 0) is 11.3 Å². The minimum atomic E-state index is -0.666. The molecule has 0 bridgehead atoms. The molecule has 1 N–H and O–H groups in total. The summed E-state index contributed by atoms with van der Waals surface area (Å²) >= 11 is 6.07. The molecule has 2 rings (SSSR count). The zero-order chi connectivity index (χ0) is 20.5. The summed E-state index contributed by atoms with van der Waals surface area (Å²) in [5.74, 6) is 2.19. The standard InChI is InChI=1S/C22H28ClNO4/c1-15(2)11-12-27-20-10-9-17(13-21(20)26-4)14-24-22(25)16(3)28-19-8-6-5-7-18(19)23/h5-10,13,15-16H,11-12,14H2,1-4H3,(H,24,25). The maximum Gasteiger partial charge on any atom is 0.261 e. The summed E-state index contributed by atoms with van der Waals surface area (Å²) in [7, 11) is 1.60. The number of para-hydroxylation sites is 1. The second-order valence-electron chi connectivity index (χ2n) is 6.92. The lowest BCUT2D eigenvalue weighted by atomic mass is 10.1. The lowest BCUT2D eigenvalue weighted by molar-refractivity contribution is -0.127. The Hall–Kier alpha value is -2.40. The van der Waals surface area contributed by atoms with Crippen molar-refractivity contribution < 1.29 is 19.0 Å². The Balaban J connectivity index is 1.90. The lowest BCUT2D eigenvalue weighted by Crippen LogP contribution is -2.35. The molecule has 0 heterocycles. The van der Waals surface area contributed by atoms with Gasteiger partial charge in [0.05, 0.1) is 18.7 Å². The molecule has 0 aliphatic rings. The van der Waals surface area contributed by atoms with Gasteiger partial charge in [0.1, 0.15) is 5.75 Å². The second-order valence-corrected chi connectivity index (χ2v) is 7.33. The van der Waals surface area contributed by atoms with E-state index in [4.69, 9.17) is 25.8 Å². The number of ether oxygens (including phenoxy) is 3. The van der Waals surface area contributed by atoms with Gasteiger partial charge in [0.25, 0.3) is 5.91 Å². The number of benzene rings is 2. The number of rotatable bonds is 10. The molecule has 0 fully saturated rings. The number of amides is 1. The van der Waals surface area contributed by atoms with E-state index in [1.54, 1.807) is 26.2 Å². The van der Waals surface area contributed by atoms with Crippen molar-refractivity contribution in [3.8, 4) is 17.2 Å². The number of hydrogen-bond donors (Lipinski definition) is 1. The number of carbonyl (C=O) groups is 1. The summed E-state index contributed by atoms with van der Waals surface area (Å²) in [6.07, 6.45) is 0.310. The zero-order valence-electron chi connectivity index (χ0n) is 16.8. The van der Waals surface area contributed by atoms with E-state index in [2.05, 4.69) is 19.2 Å². The van der Waals surface area contributed by atoms with Crippen molar-refractivity contribution in [1.29, 1.82) is 0 Å². The molecule has 1 atom stereocenters. The first-order valence-corrected chi connectivity index (χ1v) is 9.77. The maximum atomic E-state index is 12.3. The molecule has 0 aliphatic carbocycles. The average Bonchev–Trinajstić information content (AvgIpc) is 2.68. The highest BCUT2D eigenvalue weighted by molar-refractivity contribution is 6.32. The van der Waals surface area contributed by atoms with Gasteiger partial charge in [-0.1, -0.05) is 43.6 Å². The molecule has 28 heavy (non-hydrogen) atoms. The van der Waals surface area contributed by atoms with Crippen molar-refractivity contribution in [2.75, 3.05) is 13.7 Å². The molecule has 0 spiro atoms. The minimum absolute atomic E-state index is 0.226. The monoisotopic (exact) mass is 405 g/mol. The van der Waals surface area contributed by atoms with Crippen molar-refractivity contribution in [1.82, 2.24) is 5.32 Å². The van der Waals surface area contributed by atoms with E-state index < -0.39 is 6.10 Å². The van der Waals surface area contributed by atoms with Crippen molar-refractivity contribution >= 4 is 17.5 Å². The Morgan fingerprint density at radius 3 is 2.50 bits per heavy atom. The van der Waals surface area contributed by atoms with Gasteiger partial charge in [-0.2, -0.15) is 0 Å². The maximum absolute atomic E-state index is 12.3. The SMILES string of the molecule is COc1cc(CNC(=O)C(C)Oc2ccccc2Cl)ccc1OCCC(C)C. The first-order chi connectivity index (χ1) is 13.4. The summed E-state index contributed by atoms with van der Waals surface area (Å²) < 4.78 is 16.8. The van der Waals surface area contributed by atoms with Crippen LogP contribution in [0.4, 0.5) is 0 Å². The molecule has 1 amide bonds. The van der Waals surface area contributed by atoms with Crippen molar-refractivity contribution in [3.63, 3.8) is 0 Å². The van der Waals surface area contributed by atoms with Gasteiger partial charge in [-0.05, 0) is 49.1 Å². The van der Waals surface area contributed by atoms with E-state index >= 15 is 0 Å². The van der Waals surface area contributed by atoms with Crippen LogP contribution in [0.15, 0.2) is 42.5 Å². The third-order valence-corrected chi connectivity index (χ3v) is 4.47. The molecule has 2 aromatic carbocycles. The first-order valence-electron chi connectivity index (χ1n) is 9.39. The topological polar surface area (TPSA) is 56.8 Å². The van der Waals surface area contributed by atoms with E-state index in [1.807, 2.05) is 30.3 Å². The molecule has 5 nitrogen and oxygen atoms in total. The highest BCUT2D eigenvalue weighted by Gasteiger charge is 2.16. The Kier molecular flexibility index (Phi) is 8.45. The quantitative estimate of drug-likeness (QED) is 0.613. The van der Waals surface area contributed by atoms with Gasteiger partial charge >= 0.3 is 0 Å². The van der Waals surface area contributed by atoms with Gasteiger partial charge in [0.2, 0.25) is 0 Å². The third-order valence-electron chi connectivity index (χ3n) is 4.16. The summed E-state index contributed by atoms with van der Waals surface area (Å²) in [5.41, 5.74) is 0.909. The average molecular weight is 406 g/mol. The van der Waals surface area contributed by atoms with Crippen LogP contribution in [0.25, 0.3) is 0 Å². The Labute approximate surface area is 171 Å². The highest BCUT2D eigenvalue weighted by Crippen LogP contribution is 2.28. The fourth-order valence-electron chi connectivity index (χ4n) is 2.46. The number of hydrogen-bond acceptors (Lipinski definition) is 4. The van der Waals surface area contributed by atoms with Gasteiger partial charge in [0, 0.05) is 6.54 Å². The molecule has 0 aliphatic heterocycles. The van der Waals surface area contributed by atoms with Crippen molar-refractivity contribution in [2.45, 2.75) is 39.8 Å². The molecular formula is C22H28ClNO4. The fourth-order valence-corrected chi connectivity index (χ4v) is 2.64. The Bertz CT molecular complexity index is 779. The zero-order valence-corrected chi connectivity index (χ0v) is 17.6. The molecule has 0 aromatic heterocycles. The molecule has 6 heteroatoms. The first kappa shape index (κ1) is 21.9. The fraction of sp³-hybridized carbons (Fsp3) is 0.409. The van der Waals surface area contributed by atoms with Gasteiger partial charge in [-0.15, -0.1) is 0 Å². The number of nitrogens with one attached hydrogen (secondary N) is 1. The minimum Gasteiger partial charge on any atom is -0.493 e. The van der Waals surface area contributed by atoms with E-state index in [9.17, 15) is 4.79 Å². The van der Waals surface area contributed by atoms with Crippen molar-refractivity contribution in [2.24, 2.45) is 5.92 Å². The molecule has 152 valence electrons. The summed E-state index contributed by atoms with van der Waals surface area (Å²) in [6, 6.07) is 12.7. The van der Waals surface area contributed by atoms with Crippen molar-refractivity contribution in [3.05, 3.63) is 53.1 Å². The van der Waals surface area contributed by atoms with Gasteiger partial charge in [0.15, 0.2) is 17.6 Å². The largest absolute Gasteiger partial charge is 0.493 e. The van der Waals surface area contributed by atoms with Crippen LogP contribution in [0.5, 0.6) is 17.2 Å². The lowest BCUT2D eigenvalue weighted by Gasteiger charge is -2.16. The van der Waals surface area contributed by atoms with E-state index in [0.717, 1.165) is 12.0 Å². The predicted molar refractivity (Wildman–Crippen MR) is 111 cm³/mol. The summed E-state index contributed by atoms with van der Waals surface area (Å²) in [5, 5.41) is 3.34. The third kappa shape index (κ3) is 6.64. The molecule has 0 saturated carbocycles. The van der Waals surface area contributed by atoms with Crippen LogP contribution in [0.1, 0.15) is 32.8 Å². The number of methoxy groups -OCH3 is 1. The van der Waals surface area contributed by atoms with E-state index in [0.29, 0.717) is 41.3 Å². The normalized spacial score (nSPS) is 11.8. The van der Waals surface area contributed by atoms with E-state index in [1.165, 1.54) is 0 Å². The van der Waals surface area contributed by atoms with Crippen LogP contribution in [0, 0.1) is 5.92 Å². The van der Waals surface area contributed by atoms with Gasteiger partial charge in [-0.3, -0.25) is 4.79 Å². The van der Waals surface area contributed by atoms with Crippen LogP contribution < -0.4 is 19.5 Å². The molecular weight excluding hydrogens is 378 g/mol. The van der Waals surface area contributed by atoms with E-state index in [-0.39, 0.29) is 5.91 Å². The second kappa shape index (κ2) is 10.8. The predicted octanol–water partition coefficient (Wildman–Crippen LogP) is 4.86. The summed E-state index contributed by atoms with van der Waals surface area (Å²) in [6.45, 7) is 7.00. The van der Waals surface area contributed by atoms with Gasteiger partial charge < -0.3 is 19.5 Å². The smallest absolute Gasteiger partial charge is 0.261 e. The van der Waals surface area contributed by atoms with Crippen LogP contribution in [-0.4, -0.2) is 25.7 Å². The molecule has 1 unspecified atom stereocenters. The number of carbonyl (C=O) groups excluding carboxylic acids is 1. The van der Waals surface area contributed by atoms with Crippen LogP contribution >= 0.6 is 11.6 Å². The van der Waals surface area contributed by atoms with Crippen LogP contribution in [0.2, 0.25) is 5.02 Å². The molecule has 0 saturated heterocycles. The highest BCUT2D eigenvalue weighted by atomic mass is 35.5. The van der Waals surface area contributed by atoms with Gasteiger partial charge in [-0.25, -0.2) is 0 Å². The molecule has 0 radical (unpaired) electrons. The number of halogens is 1. The Morgan fingerprint density at radius 1 is 1.07 bits per heavy atom. The Morgan fingerprint density at radius 2 is 1.82 bits per heavy atom. The molecule has 2 aromatic rings. The van der Waals surface area contributed by atoms with Crippen LogP contribution in [0.3, 0.4) is 0 Å².